The average molecular weight is 533 g/mol. The number of carbonyl (C=O) groups excluding carboxylic acids is 1. The van der Waals surface area contributed by atoms with Gasteiger partial charge >= 0.3 is 6.09 Å². The number of hydrogen-bond donors (Lipinski definition) is 1. The predicted molar refractivity (Wildman–Crippen MR) is 146 cm³/mol. The molecular formula is C29H29FN4O3S. The van der Waals surface area contributed by atoms with Gasteiger partial charge in [0.1, 0.15) is 22.6 Å². The Balaban J connectivity index is 1.42. The lowest BCUT2D eigenvalue weighted by atomic mass is 9.89. The number of likely N-dealkylation sites (tertiary alicyclic amines) is 1. The second-order valence-electron chi connectivity index (χ2n) is 11.2. The number of fused-ring (bicyclic) bond motifs is 3. The number of ether oxygens (including phenoxy) is 1. The Kier molecular flexibility index (Phi) is 5.75. The van der Waals surface area contributed by atoms with E-state index in [1.165, 1.54) is 11.8 Å². The summed E-state index contributed by atoms with van der Waals surface area (Å²) in [7, 11) is 0. The fourth-order valence-electron chi connectivity index (χ4n) is 5.70. The smallest absolute Gasteiger partial charge is 0.410 e. The van der Waals surface area contributed by atoms with Crippen LogP contribution < -0.4 is 0 Å². The van der Waals surface area contributed by atoms with E-state index in [2.05, 4.69) is 9.97 Å². The molecular weight excluding hydrogens is 503 g/mol. The zero-order chi connectivity index (χ0) is 26.8. The predicted octanol–water partition coefficient (Wildman–Crippen LogP) is 6.31. The lowest BCUT2D eigenvalue weighted by Crippen LogP contribution is -2.43. The maximum atomic E-state index is 16.2. The first-order valence-corrected chi connectivity index (χ1v) is 13.9. The summed E-state index contributed by atoms with van der Waals surface area (Å²) in [5.74, 6) is -0.268. The van der Waals surface area contributed by atoms with Gasteiger partial charge in [0.15, 0.2) is 11.0 Å². The third kappa shape index (κ3) is 4.13. The number of rotatable bonds is 3. The molecule has 0 radical (unpaired) electrons. The largest absolute Gasteiger partial charge is 0.508 e. The molecule has 1 saturated carbocycles. The van der Waals surface area contributed by atoms with Crippen LogP contribution in [0.2, 0.25) is 0 Å². The van der Waals surface area contributed by atoms with Crippen molar-refractivity contribution in [1.29, 1.82) is 0 Å². The van der Waals surface area contributed by atoms with E-state index in [0.717, 1.165) is 29.3 Å². The summed E-state index contributed by atoms with van der Waals surface area (Å²) in [6.45, 7) is 6.72. The molecule has 0 bridgehead atoms. The van der Waals surface area contributed by atoms with Crippen LogP contribution >= 0.6 is 11.8 Å². The van der Waals surface area contributed by atoms with E-state index in [9.17, 15) is 9.90 Å². The molecule has 2 atom stereocenters. The third-order valence-electron chi connectivity index (χ3n) is 7.57. The fourth-order valence-corrected chi connectivity index (χ4v) is 6.07. The summed E-state index contributed by atoms with van der Waals surface area (Å²) in [6.07, 6.45) is 4.83. The summed E-state index contributed by atoms with van der Waals surface area (Å²) in [5.41, 5.74) is 0.903. The Morgan fingerprint density at radius 3 is 2.74 bits per heavy atom. The molecule has 2 fully saturated rings. The molecule has 196 valence electrons. The van der Waals surface area contributed by atoms with Gasteiger partial charge in [-0.2, -0.15) is 0 Å². The van der Waals surface area contributed by atoms with Crippen molar-refractivity contribution in [1.82, 2.24) is 19.9 Å². The number of piperidine rings is 1. The molecule has 9 heteroatoms. The molecule has 1 aliphatic carbocycles. The van der Waals surface area contributed by atoms with Crippen molar-refractivity contribution in [2.75, 3.05) is 19.3 Å². The van der Waals surface area contributed by atoms with E-state index in [1.807, 2.05) is 51.3 Å². The summed E-state index contributed by atoms with van der Waals surface area (Å²) >= 11 is 1.37. The minimum Gasteiger partial charge on any atom is -0.508 e. The van der Waals surface area contributed by atoms with Crippen LogP contribution in [0.5, 0.6) is 5.75 Å². The first-order valence-electron chi connectivity index (χ1n) is 12.7. The highest BCUT2D eigenvalue weighted by atomic mass is 32.2. The molecule has 3 heterocycles. The zero-order valence-corrected chi connectivity index (χ0v) is 22.6. The molecule has 1 saturated heterocycles. The third-order valence-corrected chi connectivity index (χ3v) is 8.12. The number of halogens is 1. The number of amides is 1. The lowest BCUT2D eigenvalue weighted by Gasteiger charge is -2.33. The first-order chi connectivity index (χ1) is 18.1. The molecule has 6 rings (SSSR count). The van der Waals surface area contributed by atoms with Gasteiger partial charge in [-0.3, -0.25) is 4.98 Å². The highest BCUT2D eigenvalue weighted by Gasteiger charge is 2.60. The lowest BCUT2D eigenvalue weighted by molar-refractivity contribution is 0.0198. The minimum absolute atomic E-state index is 0.0460. The van der Waals surface area contributed by atoms with E-state index in [-0.39, 0.29) is 34.4 Å². The Morgan fingerprint density at radius 2 is 2.00 bits per heavy atom. The number of pyridine rings is 1. The normalized spacial score (nSPS) is 21.0. The van der Waals surface area contributed by atoms with Gasteiger partial charge < -0.3 is 14.7 Å². The van der Waals surface area contributed by atoms with E-state index in [1.54, 1.807) is 23.2 Å². The number of phenols is 1. The average Bonchev–Trinajstić information content (AvgIpc) is 3.62. The van der Waals surface area contributed by atoms with E-state index in [0.29, 0.717) is 29.2 Å². The number of phenolic OH excluding ortho intramolecular Hbond substituents is 1. The van der Waals surface area contributed by atoms with Crippen molar-refractivity contribution in [2.24, 2.45) is 5.92 Å². The highest BCUT2D eigenvalue weighted by molar-refractivity contribution is 7.98. The molecule has 2 aromatic carbocycles. The van der Waals surface area contributed by atoms with Gasteiger partial charge in [-0.1, -0.05) is 36.0 Å². The number of hydrogen-bond acceptors (Lipinski definition) is 7. The Morgan fingerprint density at radius 1 is 1.21 bits per heavy atom. The van der Waals surface area contributed by atoms with E-state index >= 15 is 4.39 Å². The highest BCUT2D eigenvalue weighted by Crippen LogP contribution is 2.60. The Bertz CT molecular complexity index is 1600. The summed E-state index contributed by atoms with van der Waals surface area (Å²) in [5, 5.41) is 13.0. The molecule has 4 aromatic rings. The molecule has 1 N–H and O–H groups in total. The van der Waals surface area contributed by atoms with Crippen LogP contribution in [-0.2, 0) is 10.2 Å². The second kappa shape index (κ2) is 8.80. The van der Waals surface area contributed by atoms with Crippen LogP contribution in [0.1, 0.15) is 39.3 Å². The standard InChI is InChI=1S/C29H29FN4O3S/c1-28(2,3)37-27(36)34-10-9-29(13-17(29)15-34)25-21-14-31-23(22(30)24(21)32-26(33-25)38-4)20-12-18(35)11-16-7-5-6-8-19(16)20/h5-8,11-12,14,17,35H,9-10,13,15H2,1-4H3. The van der Waals surface area contributed by atoms with Crippen LogP contribution in [-0.4, -0.2) is 56.0 Å². The van der Waals surface area contributed by atoms with Gasteiger partial charge in [-0.25, -0.2) is 19.2 Å². The van der Waals surface area contributed by atoms with Crippen molar-refractivity contribution in [2.45, 2.75) is 49.8 Å². The molecule has 38 heavy (non-hydrogen) atoms. The maximum absolute atomic E-state index is 16.2. The van der Waals surface area contributed by atoms with Gasteiger partial charge in [0.2, 0.25) is 0 Å². The molecule has 1 amide bonds. The van der Waals surface area contributed by atoms with E-state index in [4.69, 9.17) is 9.72 Å². The minimum atomic E-state index is -0.549. The van der Waals surface area contributed by atoms with Gasteiger partial charge in [-0.15, -0.1) is 0 Å². The summed E-state index contributed by atoms with van der Waals surface area (Å²) in [4.78, 5) is 28.4. The van der Waals surface area contributed by atoms with Crippen LogP contribution in [0.25, 0.3) is 32.9 Å². The maximum Gasteiger partial charge on any atom is 0.410 e. The summed E-state index contributed by atoms with van der Waals surface area (Å²) < 4.78 is 21.8. The monoisotopic (exact) mass is 532 g/mol. The van der Waals surface area contributed by atoms with Gasteiger partial charge in [0, 0.05) is 35.7 Å². The van der Waals surface area contributed by atoms with Crippen molar-refractivity contribution >= 4 is 39.5 Å². The van der Waals surface area contributed by atoms with Crippen molar-refractivity contribution in [3.63, 3.8) is 0 Å². The van der Waals surface area contributed by atoms with Crippen molar-refractivity contribution in [3.8, 4) is 17.0 Å². The molecule has 2 aliphatic rings. The molecule has 2 unspecified atom stereocenters. The number of nitrogens with zero attached hydrogens (tertiary/aromatic N) is 4. The quantitative estimate of drug-likeness (QED) is 0.244. The molecule has 1 aliphatic heterocycles. The number of thioether (sulfide) groups is 1. The molecule has 7 nitrogen and oxygen atoms in total. The van der Waals surface area contributed by atoms with Crippen LogP contribution in [0.4, 0.5) is 9.18 Å². The van der Waals surface area contributed by atoms with Gasteiger partial charge in [0.05, 0.1) is 5.69 Å². The van der Waals surface area contributed by atoms with Crippen molar-refractivity contribution in [3.05, 3.63) is 54.1 Å². The number of benzene rings is 2. The summed E-state index contributed by atoms with van der Waals surface area (Å²) in [6, 6.07) is 10.7. The molecule has 2 aromatic heterocycles. The number of carbonyl (C=O) groups is 1. The SMILES string of the molecule is CSc1nc(C23CCN(C(=O)OC(C)(C)C)CC2C3)c2cnc(-c3cc(O)cc4ccccc34)c(F)c2n1. The second-order valence-corrected chi connectivity index (χ2v) is 12.0. The van der Waals surface area contributed by atoms with Crippen molar-refractivity contribution < 1.29 is 19.0 Å². The topological polar surface area (TPSA) is 88.4 Å². The van der Waals surface area contributed by atoms with Crippen LogP contribution in [0.15, 0.2) is 47.8 Å². The van der Waals surface area contributed by atoms with E-state index < -0.39 is 11.4 Å². The zero-order valence-electron chi connectivity index (χ0n) is 21.8. The first kappa shape index (κ1) is 24.9. The Hall–Kier alpha value is -3.46. The number of aromatic nitrogens is 3. The molecule has 0 spiro atoms. The van der Waals surface area contributed by atoms with Gasteiger partial charge in [0.25, 0.3) is 0 Å². The number of aromatic hydroxyl groups is 1. The Labute approximate surface area is 224 Å². The fraction of sp³-hybridized carbons (Fsp3) is 0.379. The van der Waals surface area contributed by atoms with Crippen LogP contribution in [0.3, 0.4) is 0 Å². The van der Waals surface area contributed by atoms with Crippen LogP contribution in [0, 0.1) is 11.7 Å². The van der Waals surface area contributed by atoms with Gasteiger partial charge in [-0.05, 0) is 68.7 Å².